The number of aryl methyl sites for hydroxylation is 1. The molecule has 1 aromatic heterocycles. The molecule has 3 rings (SSSR count). The summed E-state index contributed by atoms with van der Waals surface area (Å²) in [5, 5.41) is 5.86. The Balaban J connectivity index is 1.76. The van der Waals surface area contributed by atoms with Crippen molar-refractivity contribution >= 4 is 16.5 Å². The molecule has 0 aliphatic carbocycles. The van der Waals surface area contributed by atoms with Crippen LogP contribution in [0.3, 0.4) is 0 Å². The summed E-state index contributed by atoms with van der Waals surface area (Å²) in [6.45, 7) is 2.62. The molecule has 0 unspecified atom stereocenters. The first kappa shape index (κ1) is 11.7. The van der Waals surface area contributed by atoms with E-state index in [1.165, 1.54) is 10.8 Å². The van der Waals surface area contributed by atoms with Gasteiger partial charge in [-0.25, -0.2) is 0 Å². The van der Waals surface area contributed by atoms with E-state index in [-0.39, 0.29) is 0 Å². The van der Waals surface area contributed by atoms with Crippen LogP contribution >= 0.6 is 0 Å². The maximum atomic E-state index is 4.33. The average Bonchev–Trinajstić information content (AvgIpc) is 2.46. The molecular weight excluding hydrogens is 234 g/mol. The van der Waals surface area contributed by atoms with Gasteiger partial charge in [0.25, 0.3) is 0 Å². The van der Waals surface area contributed by atoms with E-state index in [1.807, 2.05) is 13.1 Å². The minimum absolute atomic E-state index is 0.686. The molecule has 0 spiro atoms. The number of hydrogen-bond acceptors (Lipinski definition) is 3. The predicted octanol–water partition coefficient (Wildman–Crippen LogP) is 3.55. The molecule has 1 N–H and O–H groups in total. The van der Waals surface area contributed by atoms with Crippen LogP contribution in [-0.2, 0) is 6.54 Å². The Kier molecular flexibility index (Phi) is 3.11. The summed E-state index contributed by atoms with van der Waals surface area (Å²) in [7, 11) is 0. The highest BCUT2D eigenvalue weighted by molar-refractivity contribution is 5.85. The molecule has 0 amide bonds. The molecule has 2 aromatic carbocycles. The van der Waals surface area contributed by atoms with Gasteiger partial charge in [-0.15, -0.1) is 0 Å². The number of hydrogen-bond donors (Lipinski definition) is 1. The Labute approximate surface area is 112 Å². The van der Waals surface area contributed by atoms with Gasteiger partial charge in [-0.1, -0.05) is 30.3 Å². The maximum absolute atomic E-state index is 4.33. The van der Waals surface area contributed by atoms with Crippen LogP contribution < -0.4 is 5.32 Å². The molecule has 19 heavy (non-hydrogen) atoms. The van der Waals surface area contributed by atoms with Crippen LogP contribution in [0, 0.1) is 6.92 Å². The quantitative estimate of drug-likeness (QED) is 0.771. The highest BCUT2D eigenvalue weighted by atomic mass is 14.9. The lowest BCUT2D eigenvalue weighted by Gasteiger charge is -2.07. The molecule has 3 heteroatoms. The van der Waals surface area contributed by atoms with Gasteiger partial charge in [0.1, 0.15) is 0 Å². The van der Waals surface area contributed by atoms with Crippen LogP contribution in [0.1, 0.15) is 11.4 Å². The van der Waals surface area contributed by atoms with Crippen molar-refractivity contribution in [3.05, 3.63) is 66.2 Å². The summed E-state index contributed by atoms with van der Waals surface area (Å²) in [6, 6.07) is 14.7. The van der Waals surface area contributed by atoms with E-state index < -0.39 is 0 Å². The molecule has 0 fully saturated rings. The third kappa shape index (κ3) is 2.71. The summed E-state index contributed by atoms with van der Waals surface area (Å²) in [4.78, 5) is 8.57. The molecule has 3 nitrogen and oxygen atoms in total. The van der Waals surface area contributed by atoms with Crippen LogP contribution in [0.25, 0.3) is 10.8 Å². The van der Waals surface area contributed by atoms with Gasteiger partial charge in [0, 0.05) is 11.9 Å². The smallest absolute Gasteiger partial charge is 0.0777 e. The Hall–Kier alpha value is -2.42. The zero-order chi connectivity index (χ0) is 13.1. The first-order chi connectivity index (χ1) is 9.31. The molecule has 0 saturated carbocycles. The fraction of sp³-hybridized carbons (Fsp3) is 0.125. The molecule has 1 heterocycles. The normalized spacial score (nSPS) is 10.6. The number of nitrogens with one attached hydrogen (secondary N) is 1. The van der Waals surface area contributed by atoms with Gasteiger partial charge in [0.05, 0.1) is 24.1 Å². The van der Waals surface area contributed by atoms with Gasteiger partial charge in [0.15, 0.2) is 0 Å². The highest BCUT2D eigenvalue weighted by Gasteiger charge is 1.98. The third-order valence-corrected chi connectivity index (χ3v) is 3.06. The lowest BCUT2D eigenvalue weighted by atomic mass is 10.1. The molecule has 3 aromatic rings. The average molecular weight is 249 g/mol. The van der Waals surface area contributed by atoms with Crippen molar-refractivity contribution in [3.8, 4) is 0 Å². The van der Waals surface area contributed by atoms with E-state index in [0.717, 1.165) is 17.1 Å². The summed E-state index contributed by atoms with van der Waals surface area (Å²) >= 11 is 0. The summed E-state index contributed by atoms with van der Waals surface area (Å²) < 4.78 is 0. The van der Waals surface area contributed by atoms with Crippen molar-refractivity contribution in [1.82, 2.24) is 9.97 Å². The molecule has 0 radical (unpaired) electrons. The number of aromatic nitrogens is 2. The monoisotopic (exact) mass is 249 g/mol. The minimum Gasteiger partial charge on any atom is -0.379 e. The number of fused-ring (bicyclic) bond motifs is 1. The number of nitrogens with zero attached hydrogens (tertiary/aromatic N) is 2. The van der Waals surface area contributed by atoms with Crippen LogP contribution in [0.4, 0.5) is 5.69 Å². The second kappa shape index (κ2) is 5.06. The molecular formula is C16H15N3. The van der Waals surface area contributed by atoms with Crippen molar-refractivity contribution < 1.29 is 0 Å². The topological polar surface area (TPSA) is 37.8 Å². The minimum atomic E-state index is 0.686. The first-order valence-electron chi connectivity index (χ1n) is 6.31. The summed E-state index contributed by atoms with van der Waals surface area (Å²) in [5.41, 5.74) is 2.98. The van der Waals surface area contributed by atoms with Gasteiger partial charge >= 0.3 is 0 Å². The van der Waals surface area contributed by atoms with Gasteiger partial charge in [-0.2, -0.15) is 0 Å². The summed E-state index contributed by atoms with van der Waals surface area (Å²) in [5.74, 6) is 0. The third-order valence-electron chi connectivity index (χ3n) is 3.06. The van der Waals surface area contributed by atoms with E-state index in [2.05, 4.69) is 57.7 Å². The fourth-order valence-corrected chi connectivity index (χ4v) is 2.00. The predicted molar refractivity (Wildman–Crippen MR) is 78.0 cm³/mol. The molecule has 0 bridgehead atoms. The molecule has 0 aliphatic rings. The van der Waals surface area contributed by atoms with Gasteiger partial charge < -0.3 is 5.32 Å². The molecule has 94 valence electrons. The summed E-state index contributed by atoms with van der Waals surface area (Å²) in [6.07, 6.45) is 3.60. The zero-order valence-electron chi connectivity index (χ0n) is 10.8. The Morgan fingerprint density at radius 3 is 2.58 bits per heavy atom. The van der Waals surface area contributed by atoms with E-state index >= 15 is 0 Å². The van der Waals surface area contributed by atoms with E-state index in [4.69, 9.17) is 0 Å². The van der Waals surface area contributed by atoms with Gasteiger partial charge in [-0.3, -0.25) is 9.97 Å². The Morgan fingerprint density at radius 1 is 0.947 bits per heavy atom. The maximum Gasteiger partial charge on any atom is 0.0777 e. The Bertz CT molecular complexity index is 690. The van der Waals surface area contributed by atoms with Crippen LogP contribution in [0.15, 0.2) is 54.9 Å². The second-order valence-electron chi connectivity index (χ2n) is 4.56. The molecule has 0 atom stereocenters. The van der Waals surface area contributed by atoms with Gasteiger partial charge in [-0.05, 0) is 29.8 Å². The van der Waals surface area contributed by atoms with E-state index in [9.17, 15) is 0 Å². The van der Waals surface area contributed by atoms with E-state index in [1.54, 1.807) is 6.20 Å². The van der Waals surface area contributed by atoms with Crippen molar-refractivity contribution in [2.24, 2.45) is 0 Å². The second-order valence-corrected chi connectivity index (χ2v) is 4.56. The zero-order valence-corrected chi connectivity index (χ0v) is 10.8. The number of anilines is 1. The SMILES string of the molecule is Cc1cnc(CNc2ccc3ccccc3c2)cn1. The standard InChI is InChI=1S/C16H15N3/c1-12-9-18-16(10-17-12)11-19-15-7-6-13-4-2-3-5-14(13)8-15/h2-10,19H,11H2,1H3. The van der Waals surface area contributed by atoms with Crippen LogP contribution in [0.5, 0.6) is 0 Å². The fourth-order valence-electron chi connectivity index (χ4n) is 2.00. The largest absolute Gasteiger partial charge is 0.379 e. The van der Waals surface area contributed by atoms with Crippen molar-refractivity contribution in [3.63, 3.8) is 0 Å². The lowest BCUT2D eigenvalue weighted by molar-refractivity contribution is 0.985. The van der Waals surface area contributed by atoms with Crippen molar-refractivity contribution in [2.45, 2.75) is 13.5 Å². The van der Waals surface area contributed by atoms with E-state index in [0.29, 0.717) is 6.54 Å². The van der Waals surface area contributed by atoms with Crippen LogP contribution in [0.2, 0.25) is 0 Å². The van der Waals surface area contributed by atoms with Crippen molar-refractivity contribution in [2.75, 3.05) is 5.32 Å². The highest BCUT2D eigenvalue weighted by Crippen LogP contribution is 2.19. The van der Waals surface area contributed by atoms with Gasteiger partial charge in [0.2, 0.25) is 0 Å². The number of benzene rings is 2. The lowest BCUT2D eigenvalue weighted by Crippen LogP contribution is -2.02. The molecule has 0 saturated heterocycles. The number of rotatable bonds is 3. The Morgan fingerprint density at radius 2 is 1.79 bits per heavy atom. The van der Waals surface area contributed by atoms with Crippen LogP contribution in [-0.4, -0.2) is 9.97 Å². The van der Waals surface area contributed by atoms with Crippen molar-refractivity contribution in [1.29, 1.82) is 0 Å². The first-order valence-corrected chi connectivity index (χ1v) is 6.31. The molecule has 0 aliphatic heterocycles.